The molecule has 0 radical (unpaired) electrons. The molecule has 0 aliphatic heterocycles. The van der Waals surface area contributed by atoms with Crippen molar-refractivity contribution in [2.75, 3.05) is 19.6 Å². The maximum Gasteiger partial charge on any atom is 0.305 e. The van der Waals surface area contributed by atoms with Gasteiger partial charge >= 0.3 is 17.9 Å². The molecule has 47 nitrogen and oxygen atoms in total. The highest BCUT2D eigenvalue weighted by molar-refractivity contribution is 8.00. The molecule has 3 amide bonds. The molecule has 52 heteroatoms. The van der Waals surface area contributed by atoms with Crippen molar-refractivity contribution < 1.29 is 95.2 Å². The van der Waals surface area contributed by atoms with E-state index in [4.69, 9.17) is 15.3 Å². The van der Waals surface area contributed by atoms with Crippen LogP contribution in [0.15, 0.2) is 131 Å². The Balaban J connectivity index is 0.000000254. The average molecular weight is 1610 g/mol. The molecule has 0 bridgehead atoms. The number of hydrogen-bond acceptors (Lipinski definition) is 34. The van der Waals surface area contributed by atoms with E-state index in [-0.39, 0.29) is 97.2 Å². The first-order valence-electron chi connectivity index (χ1n) is 29.8. The first-order chi connectivity index (χ1) is 50.1. The number of rotatable bonds is 32. The van der Waals surface area contributed by atoms with E-state index in [0.29, 0.717) is 49.2 Å². The van der Waals surface area contributed by atoms with Gasteiger partial charge < -0.3 is 48.3 Å². The molecule has 4 aromatic carbocycles. The number of aliphatic carboxylic acids is 3. The van der Waals surface area contributed by atoms with Crippen LogP contribution < -0.4 is 37.5 Å². The van der Waals surface area contributed by atoms with Crippen LogP contribution in [0.1, 0.15) is 83.6 Å². The van der Waals surface area contributed by atoms with Crippen LogP contribution in [0.2, 0.25) is 0 Å². The number of nitro benzene ring substituents is 6. The number of hydrogen-bond donors (Lipinski definition) is 6. The van der Waals surface area contributed by atoms with Gasteiger partial charge in [-0.3, -0.25) is 89.5 Å². The number of halogens is 1. The van der Waals surface area contributed by atoms with Crippen LogP contribution in [-0.4, -0.2) is 181 Å². The number of benzene rings is 4. The number of nitro groups is 6. The van der Waals surface area contributed by atoms with E-state index in [2.05, 4.69) is 131 Å². The van der Waals surface area contributed by atoms with Gasteiger partial charge in [0.15, 0.2) is 23.8 Å². The molecular weight excluding hydrogens is 1560 g/mol. The Bertz CT molecular complexity index is 4650. The number of amides is 3. The predicted molar refractivity (Wildman–Crippen MR) is 356 cm³/mol. The van der Waals surface area contributed by atoms with Crippen LogP contribution in [0.4, 0.5) is 34.1 Å². The van der Waals surface area contributed by atoms with Crippen molar-refractivity contribution in [1.82, 2.24) is 96.8 Å². The Kier molecular flexibility index (Phi) is 32.4. The third kappa shape index (κ3) is 24.3. The molecule has 0 unspecified atom stereocenters. The quantitative estimate of drug-likeness (QED) is 0.0199. The van der Waals surface area contributed by atoms with Gasteiger partial charge in [0, 0.05) is 86.6 Å². The molecule has 0 saturated heterocycles. The summed E-state index contributed by atoms with van der Waals surface area (Å²) in [5.74, 6) is -6.19. The molecule has 5 aromatic heterocycles. The number of nitrogens with one attached hydrogen (secondary N) is 3. The Morgan fingerprint density at radius 1 is 0.443 bits per heavy atom. The van der Waals surface area contributed by atoms with Gasteiger partial charge in [0.25, 0.3) is 51.8 Å². The largest absolute Gasteiger partial charge is 1.00 e. The van der Waals surface area contributed by atoms with Crippen LogP contribution in [0.5, 0.6) is 0 Å². The summed E-state index contributed by atoms with van der Waals surface area (Å²) >= 11 is 3.68. The number of nitrogens with zero attached hydrogens (tertiary/aromatic N) is 23. The number of aryl methyl sites for hydroxylation is 4. The summed E-state index contributed by atoms with van der Waals surface area (Å²) in [4.78, 5) is 132. The third-order valence-electron chi connectivity index (χ3n) is 13.1. The highest BCUT2D eigenvalue weighted by Gasteiger charge is 2.34. The monoisotopic (exact) mass is 1610 g/mol. The fraction of sp³-hybridized carbons (Fsp3) is 0.278. The summed E-state index contributed by atoms with van der Waals surface area (Å²) in [7, 11) is 0. The molecule has 9 rings (SSSR count). The highest BCUT2D eigenvalue weighted by Crippen LogP contribution is 2.43. The maximum absolute atomic E-state index is 12.5. The van der Waals surface area contributed by atoms with E-state index >= 15 is 0 Å². The van der Waals surface area contributed by atoms with Gasteiger partial charge in [0.2, 0.25) is 20.6 Å². The minimum atomic E-state index is -1.17. The minimum absolute atomic E-state index is 0. The van der Waals surface area contributed by atoms with Crippen LogP contribution in [0.25, 0.3) is 0 Å². The topological polar surface area (TPSA) is 636 Å². The lowest BCUT2D eigenvalue weighted by Gasteiger charge is -2.10. The molecule has 558 valence electrons. The molecule has 0 spiro atoms. The summed E-state index contributed by atoms with van der Waals surface area (Å²) < 4.78 is 7.91. The number of carboxylic acid groups (broad SMARTS) is 3. The number of carbonyl (C=O) groups excluding carboxylic acids is 3. The first-order valence-corrected chi connectivity index (χ1v) is 33.0. The normalized spacial score (nSPS) is 10.4. The van der Waals surface area contributed by atoms with Gasteiger partial charge in [-0.05, 0) is 123 Å². The van der Waals surface area contributed by atoms with Gasteiger partial charge in [-0.25, -0.2) is 23.3 Å². The van der Waals surface area contributed by atoms with Crippen LogP contribution >= 0.6 is 47.0 Å². The summed E-state index contributed by atoms with van der Waals surface area (Å²) in [6.07, 6.45) is 3.01. The number of pyridine rings is 1. The van der Waals surface area contributed by atoms with Gasteiger partial charge in [-0.15, -0.1) is 20.4 Å². The Morgan fingerprint density at radius 2 is 0.830 bits per heavy atom. The summed E-state index contributed by atoms with van der Waals surface area (Å²) in [5, 5.41) is 146. The number of carbonyl (C=O) groups is 6. The summed E-state index contributed by atoms with van der Waals surface area (Å²) in [6.45, 7) is 9.14. The van der Waals surface area contributed by atoms with Crippen LogP contribution in [0, 0.1) is 60.7 Å². The maximum atomic E-state index is 12.5. The zero-order chi connectivity index (χ0) is 77.0. The van der Waals surface area contributed by atoms with Gasteiger partial charge in [0.05, 0.1) is 77.0 Å². The SMILES string of the molecule is CCn1nnnc1Sc1c(C(=O)NCCC(=O)O)cc([N+](=O)[O-])cc1[N+](=O)[O-].CCn1nnnc1Sc1c([N+](=O)[O-])cc(C(=O)NCCC(=O)O)cc1[N+](=O)[O-].CCn1nnnc1Sc1cc(C(=O)NCCC(=O)O)c([N+](=O)[O-])cc1[N+](=O)[O-].CCn1nnnc1Sc1cc[n+](Cc2ccccc2)cc1.[Br-]. The number of non-ortho nitro benzene ring substituents is 1. The van der Waals surface area contributed by atoms with E-state index in [9.17, 15) is 89.5 Å². The first kappa shape index (κ1) is 84.1. The zero-order valence-electron chi connectivity index (χ0n) is 54.9. The molecular formula is C54H55BrN26O21S4. The number of tetrazole rings is 4. The minimum Gasteiger partial charge on any atom is -1.00 e. The molecule has 106 heavy (non-hydrogen) atoms. The van der Waals surface area contributed by atoms with Crippen molar-refractivity contribution in [3.8, 4) is 0 Å². The van der Waals surface area contributed by atoms with Crippen molar-refractivity contribution in [3.63, 3.8) is 0 Å². The van der Waals surface area contributed by atoms with Crippen molar-refractivity contribution in [2.24, 2.45) is 0 Å². The summed E-state index contributed by atoms with van der Waals surface area (Å²) in [6, 6.07) is 19.6. The van der Waals surface area contributed by atoms with Crippen LogP contribution in [0.3, 0.4) is 0 Å². The van der Waals surface area contributed by atoms with Gasteiger partial charge in [-0.1, -0.05) is 30.3 Å². The second-order valence-electron chi connectivity index (χ2n) is 20.0. The second-order valence-corrected chi connectivity index (χ2v) is 24.0. The van der Waals surface area contributed by atoms with E-state index < -0.39 is 105 Å². The molecule has 0 aliphatic rings. The third-order valence-corrected chi connectivity index (χ3v) is 17.3. The van der Waals surface area contributed by atoms with Crippen molar-refractivity contribution >= 4 is 117 Å². The lowest BCUT2D eigenvalue weighted by atomic mass is 10.1. The fourth-order valence-corrected chi connectivity index (χ4v) is 12.0. The smallest absolute Gasteiger partial charge is 0.305 e. The lowest BCUT2D eigenvalue weighted by molar-refractivity contribution is -0.688. The Labute approximate surface area is 619 Å². The van der Waals surface area contributed by atoms with Gasteiger partial charge in [0.1, 0.15) is 10.5 Å². The van der Waals surface area contributed by atoms with Crippen molar-refractivity contribution in [3.05, 3.63) is 174 Å². The molecule has 0 fully saturated rings. The van der Waals surface area contributed by atoms with Crippen molar-refractivity contribution in [2.45, 2.75) is 120 Å². The molecule has 6 N–H and O–H groups in total. The molecule has 9 aromatic rings. The second kappa shape index (κ2) is 40.9. The van der Waals surface area contributed by atoms with E-state index in [0.717, 1.165) is 65.2 Å². The average Bonchev–Trinajstić information content (AvgIpc) is 1.02. The van der Waals surface area contributed by atoms with E-state index in [1.54, 1.807) is 37.2 Å². The Morgan fingerprint density at radius 3 is 1.24 bits per heavy atom. The van der Waals surface area contributed by atoms with E-state index in [1.807, 2.05) is 13.0 Å². The number of aromatic nitrogens is 17. The van der Waals surface area contributed by atoms with Crippen molar-refractivity contribution in [1.29, 1.82) is 0 Å². The fourth-order valence-electron chi connectivity index (χ4n) is 8.15. The molecule has 0 aliphatic carbocycles. The standard InChI is InChI=1S/C15H16N5S.3C13H13N7O7S.BrH/c1-2-20-15(16-17-18-20)21-14-8-10-19(11-9-14)12-13-6-4-3-5-7-13;1-2-18-13(15-16-17-18)28-10-5-7(12(23)14-4-3-11(21)22)8(19(24)25)6-9(10)20(26)27;1-2-18-13(15-16-17-18)28-11-8(12(23)14-4-3-10(21)22)5-7(19(24)25)6-9(11)20(26)27;1-2-18-13(15-16-17-18)28-11-8(19(24)25)5-7(6-9(11)20(26)27)12(23)14-4-3-10(21)22;/h3-11H,2,12H2,1H3;3*5-6H,2-4H2,1H3,(H,14,23)(H,21,22);1H/q+1;;;;/p-1. The predicted octanol–water partition coefficient (Wildman–Crippen LogP) is 1.78. The summed E-state index contributed by atoms with van der Waals surface area (Å²) in [5.41, 5.74) is -3.91. The number of carboxylic acids is 3. The zero-order valence-corrected chi connectivity index (χ0v) is 59.8. The molecule has 0 saturated carbocycles. The van der Waals surface area contributed by atoms with Crippen LogP contribution in [-0.2, 0) is 47.1 Å². The molecule has 0 atom stereocenters. The highest BCUT2D eigenvalue weighted by atomic mass is 79.9. The lowest BCUT2D eigenvalue weighted by Crippen LogP contribution is -3.00. The van der Waals surface area contributed by atoms with Gasteiger partial charge in [-0.2, -0.15) is 0 Å². The Hall–Kier alpha value is -12.6. The molecule has 5 heterocycles. The van der Waals surface area contributed by atoms with E-state index in [1.165, 1.54) is 19.6 Å².